The van der Waals surface area contributed by atoms with Crippen LogP contribution < -0.4 is 10.1 Å². The number of alkyl carbamates (subject to hydrolysis) is 1. The minimum atomic E-state index is -2.45. The van der Waals surface area contributed by atoms with Crippen LogP contribution in [-0.2, 0) is 32.1 Å². The summed E-state index contributed by atoms with van der Waals surface area (Å²) in [5.74, 6) is -16.4. The van der Waals surface area contributed by atoms with Crippen molar-refractivity contribution in [2.75, 3.05) is 6.54 Å². The van der Waals surface area contributed by atoms with E-state index in [2.05, 4.69) is 10.1 Å². The Bertz CT molecular complexity index is 1590. The molecule has 0 saturated carbocycles. The van der Waals surface area contributed by atoms with Crippen molar-refractivity contribution in [1.82, 2.24) is 5.32 Å². The average molecular weight is 614 g/mol. The molecule has 4 aromatic carbocycles. The van der Waals surface area contributed by atoms with E-state index in [1.807, 2.05) is 30.3 Å². The van der Waals surface area contributed by atoms with Crippen molar-refractivity contribution in [3.63, 3.8) is 0 Å². The number of nitrogens with one attached hydrogen (secondary N) is 1. The second-order valence-corrected chi connectivity index (χ2v) is 9.32. The van der Waals surface area contributed by atoms with Gasteiger partial charge in [0, 0.05) is 13.0 Å². The van der Waals surface area contributed by atoms with Crippen molar-refractivity contribution >= 4 is 18.0 Å². The van der Waals surface area contributed by atoms with Gasteiger partial charge in [0.1, 0.15) is 6.61 Å². The fraction of sp³-hybridized carbons (Fsp3) is 0.156. The number of halogens is 5. The second-order valence-electron chi connectivity index (χ2n) is 9.32. The Hall–Kier alpha value is -5.26. The van der Waals surface area contributed by atoms with Crippen LogP contribution in [0, 0.1) is 29.1 Å². The van der Waals surface area contributed by atoms with E-state index in [1.165, 1.54) is 0 Å². The first-order valence-corrected chi connectivity index (χ1v) is 13.2. The summed E-state index contributed by atoms with van der Waals surface area (Å²) < 4.78 is 83.6. The summed E-state index contributed by atoms with van der Waals surface area (Å²) in [5.41, 5.74) is 2.99. The minimum absolute atomic E-state index is 0.0730. The minimum Gasteiger partial charge on any atom is -0.450 e. The third-order valence-electron chi connectivity index (χ3n) is 6.21. The molecule has 0 bridgehead atoms. The lowest BCUT2D eigenvalue weighted by Gasteiger charge is -2.18. The van der Waals surface area contributed by atoms with Crippen LogP contribution >= 0.6 is 0 Å². The van der Waals surface area contributed by atoms with Crippen LogP contribution in [0.4, 0.5) is 26.7 Å². The molecule has 1 N–H and O–H groups in total. The lowest BCUT2D eigenvalue weighted by Crippen LogP contribution is -2.36. The van der Waals surface area contributed by atoms with Gasteiger partial charge in [0.2, 0.25) is 40.9 Å². The van der Waals surface area contributed by atoms with Crippen LogP contribution in [-0.4, -0.2) is 30.7 Å². The Kier molecular flexibility index (Phi) is 10.6. The largest absolute Gasteiger partial charge is 0.450 e. The lowest BCUT2D eigenvalue weighted by atomic mass is 10.0. The summed E-state index contributed by atoms with van der Waals surface area (Å²) in [6, 6.07) is 24.9. The molecule has 12 heteroatoms. The summed E-state index contributed by atoms with van der Waals surface area (Å²) in [6.07, 6.45) is -3.64. The SMILES string of the molecule is O=C(Cc1ccc(-c2ccccc2)cc1)O[C@@H](CCNC(=O)OCc1ccccc1)C(=O)Oc1c(F)c(F)c(F)c(F)c1F. The Morgan fingerprint density at radius 2 is 1.20 bits per heavy atom. The predicted octanol–water partition coefficient (Wildman–Crippen LogP) is 6.43. The standard InChI is InChI=1S/C32H24F5NO6/c33-25-26(34)28(36)30(29(37)27(25)35)44-31(40)23(15-16-38-32(41)42-18-20-7-3-1-4-8-20)43-24(39)17-19-11-13-22(14-12-19)21-9-5-2-6-10-21/h1-14,23H,15-18H2,(H,38,41)/t23-/m0/s1. The Morgan fingerprint density at radius 1 is 0.659 bits per heavy atom. The first-order valence-electron chi connectivity index (χ1n) is 13.2. The van der Waals surface area contributed by atoms with Gasteiger partial charge in [-0.15, -0.1) is 0 Å². The zero-order chi connectivity index (χ0) is 31.6. The fourth-order valence-corrected chi connectivity index (χ4v) is 3.96. The summed E-state index contributed by atoms with van der Waals surface area (Å²) in [4.78, 5) is 37.6. The maximum absolute atomic E-state index is 14.1. The van der Waals surface area contributed by atoms with Gasteiger partial charge in [-0.3, -0.25) is 4.79 Å². The molecule has 4 aromatic rings. The van der Waals surface area contributed by atoms with Crippen LogP contribution in [0.3, 0.4) is 0 Å². The van der Waals surface area contributed by atoms with Crippen molar-refractivity contribution in [3.05, 3.63) is 125 Å². The molecule has 0 aliphatic heterocycles. The Morgan fingerprint density at radius 3 is 1.82 bits per heavy atom. The molecule has 228 valence electrons. The number of hydrogen-bond donors (Lipinski definition) is 1. The molecule has 0 fully saturated rings. The molecule has 4 rings (SSSR count). The summed E-state index contributed by atoms with van der Waals surface area (Å²) >= 11 is 0. The number of amides is 1. The van der Waals surface area contributed by atoms with E-state index in [1.54, 1.807) is 54.6 Å². The van der Waals surface area contributed by atoms with Gasteiger partial charge < -0.3 is 19.5 Å². The number of hydrogen-bond acceptors (Lipinski definition) is 6. The van der Waals surface area contributed by atoms with Gasteiger partial charge in [-0.25, -0.2) is 22.8 Å². The molecule has 0 aliphatic carbocycles. The van der Waals surface area contributed by atoms with E-state index in [0.717, 1.165) is 11.1 Å². The molecule has 1 atom stereocenters. The van der Waals surface area contributed by atoms with Crippen LogP contribution in [0.2, 0.25) is 0 Å². The molecule has 44 heavy (non-hydrogen) atoms. The number of carbonyl (C=O) groups is 3. The maximum atomic E-state index is 14.1. The van der Waals surface area contributed by atoms with Crippen molar-refractivity contribution in [2.45, 2.75) is 25.6 Å². The van der Waals surface area contributed by atoms with Gasteiger partial charge in [-0.2, -0.15) is 8.78 Å². The predicted molar refractivity (Wildman–Crippen MR) is 147 cm³/mol. The van der Waals surface area contributed by atoms with Crippen LogP contribution in [0.25, 0.3) is 11.1 Å². The molecule has 0 saturated heterocycles. The van der Waals surface area contributed by atoms with E-state index < -0.39 is 65.4 Å². The Labute approximate surface area is 248 Å². The van der Waals surface area contributed by atoms with E-state index in [9.17, 15) is 36.3 Å². The highest BCUT2D eigenvalue weighted by Crippen LogP contribution is 2.29. The molecular formula is C32H24F5NO6. The molecule has 0 heterocycles. The number of ether oxygens (including phenoxy) is 3. The molecule has 0 radical (unpaired) electrons. The zero-order valence-corrected chi connectivity index (χ0v) is 22.8. The number of benzene rings is 4. The highest BCUT2D eigenvalue weighted by molar-refractivity contribution is 5.82. The highest BCUT2D eigenvalue weighted by atomic mass is 19.2. The number of esters is 2. The van der Waals surface area contributed by atoms with Crippen molar-refractivity contribution in [3.8, 4) is 16.9 Å². The maximum Gasteiger partial charge on any atom is 0.407 e. The molecular weight excluding hydrogens is 589 g/mol. The van der Waals surface area contributed by atoms with Crippen molar-refractivity contribution in [2.24, 2.45) is 0 Å². The van der Waals surface area contributed by atoms with Crippen LogP contribution in [0.15, 0.2) is 84.9 Å². The average Bonchev–Trinajstić information content (AvgIpc) is 3.04. The van der Waals surface area contributed by atoms with Gasteiger partial charge in [0.15, 0.2) is 0 Å². The van der Waals surface area contributed by atoms with Gasteiger partial charge in [0.25, 0.3) is 0 Å². The summed E-state index contributed by atoms with van der Waals surface area (Å²) in [7, 11) is 0. The summed E-state index contributed by atoms with van der Waals surface area (Å²) in [5, 5.41) is 2.32. The summed E-state index contributed by atoms with van der Waals surface area (Å²) in [6.45, 7) is -0.431. The van der Waals surface area contributed by atoms with Crippen LogP contribution in [0.1, 0.15) is 17.5 Å². The van der Waals surface area contributed by atoms with Gasteiger partial charge in [-0.05, 0) is 22.3 Å². The monoisotopic (exact) mass is 613 g/mol. The number of rotatable bonds is 11. The van der Waals surface area contributed by atoms with E-state index >= 15 is 0 Å². The second kappa shape index (κ2) is 14.8. The van der Waals surface area contributed by atoms with Crippen molar-refractivity contribution < 1.29 is 50.5 Å². The van der Waals surface area contributed by atoms with Gasteiger partial charge in [0.05, 0.1) is 6.42 Å². The van der Waals surface area contributed by atoms with Gasteiger partial charge in [-0.1, -0.05) is 84.9 Å². The van der Waals surface area contributed by atoms with Crippen molar-refractivity contribution in [1.29, 1.82) is 0 Å². The zero-order valence-electron chi connectivity index (χ0n) is 22.8. The first-order chi connectivity index (χ1) is 21.1. The molecule has 0 unspecified atom stereocenters. The fourth-order valence-electron chi connectivity index (χ4n) is 3.96. The number of carbonyl (C=O) groups excluding carboxylic acids is 3. The molecule has 1 amide bonds. The molecule has 0 spiro atoms. The Balaban J connectivity index is 1.43. The molecule has 0 aliphatic rings. The molecule has 0 aromatic heterocycles. The quantitative estimate of drug-likeness (QED) is 0.0690. The van der Waals surface area contributed by atoms with E-state index in [0.29, 0.717) is 11.1 Å². The van der Waals surface area contributed by atoms with Crippen LogP contribution in [0.5, 0.6) is 5.75 Å². The topological polar surface area (TPSA) is 90.9 Å². The highest BCUT2D eigenvalue weighted by Gasteiger charge is 2.32. The molecule has 7 nitrogen and oxygen atoms in total. The third kappa shape index (κ3) is 8.18. The van der Waals surface area contributed by atoms with E-state index in [-0.39, 0.29) is 19.6 Å². The lowest BCUT2D eigenvalue weighted by molar-refractivity contribution is -0.162. The smallest absolute Gasteiger partial charge is 0.407 e. The van der Waals surface area contributed by atoms with E-state index in [4.69, 9.17) is 9.47 Å². The van der Waals surface area contributed by atoms with Gasteiger partial charge >= 0.3 is 18.0 Å². The third-order valence-corrected chi connectivity index (χ3v) is 6.21. The normalized spacial score (nSPS) is 11.4. The first kappa shape index (κ1) is 31.7.